The van der Waals surface area contributed by atoms with Crippen molar-refractivity contribution in [2.24, 2.45) is 0 Å². The van der Waals surface area contributed by atoms with Gasteiger partial charge in [-0.25, -0.2) is 5.01 Å². The van der Waals surface area contributed by atoms with Crippen molar-refractivity contribution >= 4 is 16.7 Å². The quantitative estimate of drug-likeness (QED) is 0.705. The summed E-state index contributed by atoms with van der Waals surface area (Å²) in [5, 5.41) is 2.43. The highest BCUT2D eigenvalue weighted by Gasteiger charge is 2.47. The monoisotopic (exact) mass is 380 g/mol. The molecule has 1 fully saturated rings. The molecule has 1 aliphatic rings. The van der Waals surface area contributed by atoms with Gasteiger partial charge >= 0.3 is 6.18 Å². The molecule has 27 heavy (non-hydrogen) atoms. The van der Waals surface area contributed by atoms with E-state index in [9.17, 15) is 18.0 Å². The van der Waals surface area contributed by atoms with Crippen molar-refractivity contribution in [2.75, 3.05) is 13.2 Å². The number of carbonyl (C=O) groups excluding carboxylic acids is 1. The topological polar surface area (TPSA) is 41.6 Å². The second kappa shape index (κ2) is 8.17. The number of hydrazine groups is 1. The Kier molecular flexibility index (Phi) is 5.89. The number of rotatable bonds is 7. The van der Waals surface area contributed by atoms with E-state index in [2.05, 4.69) is 12.3 Å². The summed E-state index contributed by atoms with van der Waals surface area (Å²) in [4.78, 5) is 11.4. The first-order chi connectivity index (χ1) is 12.9. The van der Waals surface area contributed by atoms with Gasteiger partial charge in [-0.3, -0.25) is 10.2 Å². The van der Waals surface area contributed by atoms with Crippen molar-refractivity contribution in [1.29, 1.82) is 0 Å². The predicted molar refractivity (Wildman–Crippen MR) is 97.2 cm³/mol. The number of halogens is 3. The van der Waals surface area contributed by atoms with Crippen LogP contribution in [0.3, 0.4) is 0 Å². The molecular formula is C20H23F3N2O2. The third-order valence-electron chi connectivity index (χ3n) is 4.66. The lowest BCUT2D eigenvalue weighted by atomic mass is 10.0. The smallest absolute Gasteiger partial charge is 0.409 e. The summed E-state index contributed by atoms with van der Waals surface area (Å²) in [6.07, 6.45) is -1.44. The van der Waals surface area contributed by atoms with E-state index in [-0.39, 0.29) is 18.5 Å². The Bertz CT molecular complexity index is 807. The second-order valence-electron chi connectivity index (χ2n) is 6.71. The second-order valence-corrected chi connectivity index (χ2v) is 6.71. The predicted octanol–water partition coefficient (Wildman–Crippen LogP) is 4.75. The van der Waals surface area contributed by atoms with Gasteiger partial charge in [0.15, 0.2) is 0 Å². The van der Waals surface area contributed by atoms with E-state index in [0.29, 0.717) is 17.7 Å². The number of hydrogen-bond donors (Lipinski definition) is 1. The number of amides is 1. The zero-order valence-electron chi connectivity index (χ0n) is 15.2. The molecule has 1 heterocycles. The van der Waals surface area contributed by atoms with Crippen LogP contribution in [-0.2, 0) is 4.79 Å². The van der Waals surface area contributed by atoms with Crippen LogP contribution in [0.15, 0.2) is 36.4 Å². The van der Waals surface area contributed by atoms with Crippen LogP contribution in [0.2, 0.25) is 0 Å². The zero-order chi connectivity index (χ0) is 19.4. The SMILES string of the molecule is CCCCCOc1cccc2ccc(C(N3CCC(=O)N3)C(F)(F)F)cc12. The van der Waals surface area contributed by atoms with E-state index in [1.807, 2.05) is 12.1 Å². The lowest BCUT2D eigenvalue weighted by Crippen LogP contribution is -2.43. The molecule has 2 aromatic carbocycles. The molecule has 3 rings (SSSR count). The van der Waals surface area contributed by atoms with Crippen molar-refractivity contribution in [1.82, 2.24) is 10.4 Å². The molecule has 1 saturated heterocycles. The molecular weight excluding hydrogens is 357 g/mol. The van der Waals surface area contributed by atoms with Gasteiger partial charge in [0.2, 0.25) is 5.91 Å². The van der Waals surface area contributed by atoms with E-state index in [1.165, 1.54) is 12.1 Å². The number of ether oxygens (including phenoxy) is 1. The van der Waals surface area contributed by atoms with Crippen LogP contribution in [0.5, 0.6) is 5.75 Å². The van der Waals surface area contributed by atoms with Gasteiger partial charge in [-0.2, -0.15) is 13.2 Å². The van der Waals surface area contributed by atoms with Crippen LogP contribution in [0.1, 0.15) is 44.2 Å². The molecule has 1 amide bonds. The molecule has 1 atom stereocenters. The van der Waals surface area contributed by atoms with E-state index in [0.717, 1.165) is 29.7 Å². The van der Waals surface area contributed by atoms with Crippen LogP contribution in [0.4, 0.5) is 13.2 Å². The number of unbranched alkanes of at least 4 members (excludes halogenated alkanes) is 2. The van der Waals surface area contributed by atoms with Crippen molar-refractivity contribution in [3.63, 3.8) is 0 Å². The standard InChI is InChI=1S/C20H23F3N2O2/c1-2-3-4-12-27-17-7-5-6-14-8-9-15(13-16(14)17)19(20(21,22)23)25-11-10-18(26)24-25/h5-9,13,19H,2-4,10-12H2,1H3,(H,24,26). The Balaban J connectivity index is 1.94. The maximum absolute atomic E-state index is 13.7. The van der Waals surface area contributed by atoms with Gasteiger partial charge in [0.1, 0.15) is 11.8 Å². The minimum atomic E-state index is -4.51. The Labute approximate surface area is 156 Å². The summed E-state index contributed by atoms with van der Waals surface area (Å²) in [6, 6.07) is 8.22. The van der Waals surface area contributed by atoms with Gasteiger partial charge in [0.05, 0.1) is 6.61 Å². The van der Waals surface area contributed by atoms with E-state index >= 15 is 0 Å². The summed E-state index contributed by atoms with van der Waals surface area (Å²) < 4.78 is 47.1. The van der Waals surface area contributed by atoms with Crippen molar-refractivity contribution in [3.8, 4) is 5.75 Å². The van der Waals surface area contributed by atoms with Crippen LogP contribution < -0.4 is 10.2 Å². The molecule has 1 unspecified atom stereocenters. The van der Waals surface area contributed by atoms with Crippen molar-refractivity contribution in [3.05, 3.63) is 42.0 Å². The molecule has 4 nitrogen and oxygen atoms in total. The van der Waals surface area contributed by atoms with Gasteiger partial charge < -0.3 is 4.74 Å². The maximum Gasteiger partial charge on any atom is 0.409 e. The third-order valence-corrected chi connectivity index (χ3v) is 4.66. The normalized spacial score (nSPS) is 16.5. The van der Waals surface area contributed by atoms with Gasteiger partial charge in [-0.05, 0) is 29.5 Å². The average Bonchev–Trinajstić information content (AvgIpc) is 3.03. The number of nitrogens with zero attached hydrogens (tertiary/aromatic N) is 1. The van der Waals surface area contributed by atoms with Gasteiger partial charge in [0, 0.05) is 18.4 Å². The third kappa shape index (κ3) is 4.53. The fourth-order valence-electron chi connectivity index (χ4n) is 3.32. The molecule has 0 bridgehead atoms. The Hall–Kier alpha value is -2.28. The number of nitrogens with one attached hydrogen (secondary N) is 1. The largest absolute Gasteiger partial charge is 0.493 e. The molecule has 0 radical (unpaired) electrons. The fourth-order valence-corrected chi connectivity index (χ4v) is 3.32. The summed E-state index contributed by atoms with van der Waals surface area (Å²) >= 11 is 0. The van der Waals surface area contributed by atoms with Crippen molar-refractivity contribution < 1.29 is 22.7 Å². The Morgan fingerprint density at radius 3 is 2.70 bits per heavy atom. The lowest BCUT2D eigenvalue weighted by Gasteiger charge is -2.29. The van der Waals surface area contributed by atoms with Crippen LogP contribution >= 0.6 is 0 Å². The Morgan fingerprint density at radius 2 is 2.04 bits per heavy atom. The molecule has 0 spiro atoms. The number of fused-ring (bicyclic) bond motifs is 1. The van der Waals surface area contributed by atoms with Crippen LogP contribution in [0.25, 0.3) is 10.8 Å². The molecule has 1 aliphatic heterocycles. The minimum absolute atomic E-state index is 0.0240. The molecule has 0 aromatic heterocycles. The minimum Gasteiger partial charge on any atom is -0.493 e. The molecule has 2 aromatic rings. The van der Waals surface area contributed by atoms with Crippen LogP contribution in [0, 0.1) is 0 Å². The van der Waals surface area contributed by atoms with E-state index in [1.54, 1.807) is 12.1 Å². The molecule has 1 N–H and O–H groups in total. The van der Waals surface area contributed by atoms with E-state index in [4.69, 9.17) is 4.74 Å². The fraction of sp³-hybridized carbons (Fsp3) is 0.450. The highest BCUT2D eigenvalue weighted by molar-refractivity contribution is 5.89. The Morgan fingerprint density at radius 1 is 1.22 bits per heavy atom. The summed E-state index contributed by atoms with van der Waals surface area (Å²) in [5.74, 6) is 0.182. The van der Waals surface area contributed by atoms with Gasteiger partial charge in [0.25, 0.3) is 0 Å². The highest BCUT2D eigenvalue weighted by Crippen LogP contribution is 2.40. The highest BCUT2D eigenvalue weighted by atomic mass is 19.4. The first kappa shape index (κ1) is 19.5. The number of hydrogen-bond acceptors (Lipinski definition) is 3. The zero-order valence-corrected chi connectivity index (χ0v) is 15.2. The number of alkyl halides is 3. The molecule has 146 valence electrons. The van der Waals surface area contributed by atoms with Gasteiger partial charge in [-0.1, -0.05) is 44.0 Å². The lowest BCUT2D eigenvalue weighted by molar-refractivity contribution is -0.191. The number of carbonyl (C=O) groups is 1. The maximum atomic E-state index is 13.7. The summed E-state index contributed by atoms with van der Waals surface area (Å²) in [7, 11) is 0. The average molecular weight is 380 g/mol. The van der Waals surface area contributed by atoms with E-state index < -0.39 is 18.1 Å². The van der Waals surface area contributed by atoms with Crippen LogP contribution in [-0.4, -0.2) is 30.2 Å². The summed E-state index contributed by atoms with van der Waals surface area (Å²) in [6.45, 7) is 2.65. The van der Waals surface area contributed by atoms with Crippen molar-refractivity contribution in [2.45, 2.75) is 44.8 Å². The summed E-state index contributed by atoms with van der Waals surface area (Å²) in [5.41, 5.74) is 2.40. The number of benzene rings is 2. The molecule has 0 saturated carbocycles. The van der Waals surface area contributed by atoms with Gasteiger partial charge in [-0.15, -0.1) is 0 Å². The molecule has 7 heteroatoms. The first-order valence-electron chi connectivity index (χ1n) is 9.18. The molecule has 0 aliphatic carbocycles. The first-order valence-corrected chi connectivity index (χ1v) is 9.18.